The molecule has 0 bridgehead atoms. The van der Waals surface area contributed by atoms with Crippen LogP contribution in [0.2, 0.25) is 0 Å². The Morgan fingerprint density at radius 2 is 2.35 bits per heavy atom. The number of hydrogen-bond acceptors (Lipinski definition) is 4. The van der Waals surface area contributed by atoms with E-state index >= 15 is 0 Å². The molecule has 0 fully saturated rings. The lowest BCUT2D eigenvalue weighted by molar-refractivity contribution is 0.446. The topological polar surface area (TPSA) is 56.1 Å². The molecule has 0 amide bonds. The largest absolute Gasteiger partial charge is 0.432 e. The summed E-state index contributed by atoms with van der Waals surface area (Å²) in [4.78, 5) is 16.2. The van der Waals surface area contributed by atoms with Gasteiger partial charge < -0.3 is 14.6 Å². The molecule has 0 atom stereocenters. The highest BCUT2D eigenvalue weighted by molar-refractivity contribution is 5.63. The van der Waals surface area contributed by atoms with Crippen molar-refractivity contribution >= 4 is 5.69 Å². The van der Waals surface area contributed by atoms with E-state index in [1.165, 1.54) is 5.56 Å². The average molecular weight is 271 g/mol. The first-order valence-electron chi connectivity index (χ1n) is 6.88. The minimum absolute atomic E-state index is 0.120. The van der Waals surface area contributed by atoms with Crippen molar-refractivity contribution in [2.45, 2.75) is 26.3 Å². The summed E-state index contributed by atoms with van der Waals surface area (Å²) in [5, 5.41) is 3.34. The summed E-state index contributed by atoms with van der Waals surface area (Å²) in [5.41, 5.74) is 2.00. The molecule has 0 spiro atoms. The quantitative estimate of drug-likeness (QED) is 0.931. The van der Waals surface area contributed by atoms with Gasteiger partial charge in [0.25, 0.3) is 5.88 Å². The molecule has 2 heterocycles. The molecule has 5 nitrogen and oxygen atoms in total. The lowest BCUT2D eigenvalue weighted by Gasteiger charge is -2.20. The first-order chi connectivity index (χ1) is 9.79. The number of nitrogens with zero attached hydrogens (tertiary/aromatic N) is 2. The molecule has 0 saturated carbocycles. The molecular weight excluding hydrogens is 254 g/mol. The zero-order valence-electron chi connectivity index (χ0n) is 11.4. The molecule has 2 aromatic rings. The SMILES string of the molecule is CCn1ccnc(Oc2cccc3c2NCCC3)c1=O. The number of aryl methyl sites for hydroxylation is 2. The van der Waals surface area contributed by atoms with Crippen LogP contribution in [-0.4, -0.2) is 16.1 Å². The Kier molecular flexibility index (Phi) is 3.41. The molecule has 5 heteroatoms. The molecule has 1 aromatic carbocycles. The number of aromatic nitrogens is 2. The summed E-state index contributed by atoms with van der Waals surface area (Å²) < 4.78 is 7.32. The second-order valence-corrected chi connectivity index (χ2v) is 4.75. The van der Waals surface area contributed by atoms with Crippen molar-refractivity contribution in [3.8, 4) is 11.6 Å². The van der Waals surface area contributed by atoms with Gasteiger partial charge in [-0.2, -0.15) is 0 Å². The number of ether oxygens (including phenoxy) is 1. The van der Waals surface area contributed by atoms with Crippen LogP contribution in [0.25, 0.3) is 0 Å². The minimum atomic E-state index is -0.205. The van der Waals surface area contributed by atoms with E-state index in [1.54, 1.807) is 17.0 Å². The van der Waals surface area contributed by atoms with Gasteiger partial charge in [-0.25, -0.2) is 4.98 Å². The maximum Gasteiger partial charge on any atom is 0.313 e. The number of fused-ring (bicyclic) bond motifs is 1. The highest BCUT2D eigenvalue weighted by Crippen LogP contribution is 2.33. The number of para-hydroxylation sites is 1. The van der Waals surface area contributed by atoms with Crippen LogP contribution in [0, 0.1) is 0 Å². The van der Waals surface area contributed by atoms with Crippen LogP contribution in [0.3, 0.4) is 0 Å². The molecular formula is C15H17N3O2. The Labute approximate surface area is 117 Å². The molecule has 1 N–H and O–H groups in total. The predicted octanol–water partition coefficient (Wildman–Crippen LogP) is 2.41. The molecule has 1 aliphatic heterocycles. The number of hydrogen-bond donors (Lipinski definition) is 1. The number of nitrogens with one attached hydrogen (secondary N) is 1. The summed E-state index contributed by atoms with van der Waals surface area (Å²) in [6.07, 6.45) is 5.39. The summed E-state index contributed by atoms with van der Waals surface area (Å²) in [6, 6.07) is 5.89. The van der Waals surface area contributed by atoms with Crippen molar-refractivity contribution in [1.29, 1.82) is 0 Å². The van der Waals surface area contributed by atoms with Crippen LogP contribution in [-0.2, 0) is 13.0 Å². The zero-order valence-corrected chi connectivity index (χ0v) is 11.4. The lowest BCUT2D eigenvalue weighted by atomic mass is 10.0. The van der Waals surface area contributed by atoms with Gasteiger partial charge in [0.2, 0.25) is 0 Å². The molecule has 3 rings (SSSR count). The van der Waals surface area contributed by atoms with Crippen molar-refractivity contribution in [1.82, 2.24) is 9.55 Å². The van der Waals surface area contributed by atoms with E-state index < -0.39 is 0 Å². The van der Waals surface area contributed by atoms with Gasteiger partial charge in [-0.05, 0) is 31.4 Å². The third-order valence-electron chi connectivity index (χ3n) is 3.47. The standard InChI is InChI=1S/C15H17N3O2/c1-2-18-10-9-17-14(15(18)19)20-12-7-3-5-11-6-4-8-16-13(11)12/h3,5,7,9-10,16H,2,4,6,8H2,1H3. The molecule has 0 aliphatic carbocycles. The highest BCUT2D eigenvalue weighted by Gasteiger charge is 2.15. The molecule has 20 heavy (non-hydrogen) atoms. The summed E-state index contributed by atoms with van der Waals surface area (Å²) in [6.45, 7) is 3.44. The number of benzene rings is 1. The van der Waals surface area contributed by atoms with Crippen LogP contribution in [0.4, 0.5) is 5.69 Å². The number of anilines is 1. The Bertz CT molecular complexity index is 679. The second-order valence-electron chi connectivity index (χ2n) is 4.75. The van der Waals surface area contributed by atoms with E-state index in [0.29, 0.717) is 12.3 Å². The molecule has 0 radical (unpaired) electrons. The highest BCUT2D eigenvalue weighted by atomic mass is 16.5. The van der Waals surface area contributed by atoms with Crippen molar-refractivity contribution < 1.29 is 4.74 Å². The van der Waals surface area contributed by atoms with E-state index in [0.717, 1.165) is 25.1 Å². The van der Waals surface area contributed by atoms with E-state index in [-0.39, 0.29) is 11.4 Å². The Hall–Kier alpha value is -2.30. The predicted molar refractivity (Wildman–Crippen MR) is 77.5 cm³/mol. The molecule has 0 saturated heterocycles. The first kappa shape index (κ1) is 12.7. The van der Waals surface area contributed by atoms with Crippen molar-refractivity contribution in [2.24, 2.45) is 0 Å². The van der Waals surface area contributed by atoms with Crippen LogP contribution < -0.4 is 15.6 Å². The fourth-order valence-electron chi connectivity index (χ4n) is 2.41. The van der Waals surface area contributed by atoms with E-state index in [4.69, 9.17) is 4.74 Å². The zero-order chi connectivity index (χ0) is 13.9. The van der Waals surface area contributed by atoms with Crippen LogP contribution >= 0.6 is 0 Å². The lowest BCUT2D eigenvalue weighted by Crippen LogP contribution is -2.21. The van der Waals surface area contributed by atoms with Gasteiger partial charge >= 0.3 is 5.56 Å². The monoisotopic (exact) mass is 271 g/mol. The normalized spacial score (nSPS) is 13.4. The van der Waals surface area contributed by atoms with E-state index in [2.05, 4.69) is 16.4 Å². The minimum Gasteiger partial charge on any atom is -0.432 e. The fraction of sp³-hybridized carbons (Fsp3) is 0.333. The van der Waals surface area contributed by atoms with Crippen molar-refractivity contribution in [3.63, 3.8) is 0 Å². The van der Waals surface area contributed by atoms with Gasteiger partial charge in [0.15, 0.2) is 5.75 Å². The first-order valence-corrected chi connectivity index (χ1v) is 6.88. The smallest absolute Gasteiger partial charge is 0.313 e. The van der Waals surface area contributed by atoms with Crippen molar-refractivity contribution in [3.05, 3.63) is 46.5 Å². The Balaban J connectivity index is 1.98. The van der Waals surface area contributed by atoms with Crippen LogP contribution in [0.15, 0.2) is 35.4 Å². The molecule has 104 valence electrons. The molecule has 0 unspecified atom stereocenters. The summed E-state index contributed by atoms with van der Waals surface area (Å²) in [5.74, 6) is 0.788. The third-order valence-corrected chi connectivity index (χ3v) is 3.47. The summed E-state index contributed by atoms with van der Waals surface area (Å²) >= 11 is 0. The fourth-order valence-corrected chi connectivity index (χ4v) is 2.41. The molecule has 1 aromatic heterocycles. The third kappa shape index (κ3) is 2.27. The van der Waals surface area contributed by atoms with Crippen LogP contribution in [0.1, 0.15) is 18.9 Å². The van der Waals surface area contributed by atoms with Crippen LogP contribution in [0.5, 0.6) is 11.6 Å². The van der Waals surface area contributed by atoms with E-state index in [1.807, 2.05) is 19.1 Å². The average Bonchev–Trinajstić information content (AvgIpc) is 2.50. The Morgan fingerprint density at radius 3 is 3.20 bits per heavy atom. The van der Waals surface area contributed by atoms with Gasteiger partial charge in [-0.3, -0.25) is 4.79 Å². The van der Waals surface area contributed by atoms with Gasteiger partial charge in [0.05, 0.1) is 5.69 Å². The van der Waals surface area contributed by atoms with E-state index in [9.17, 15) is 4.79 Å². The van der Waals surface area contributed by atoms with Gasteiger partial charge in [-0.15, -0.1) is 0 Å². The summed E-state index contributed by atoms with van der Waals surface area (Å²) in [7, 11) is 0. The van der Waals surface area contributed by atoms with Crippen molar-refractivity contribution in [2.75, 3.05) is 11.9 Å². The van der Waals surface area contributed by atoms with Gasteiger partial charge in [0, 0.05) is 25.5 Å². The maximum atomic E-state index is 12.1. The van der Waals surface area contributed by atoms with Gasteiger partial charge in [0.1, 0.15) is 0 Å². The maximum absolute atomic E-state index is 12.1. The Morgan fingerprint density at radius 1 is 1.45 bits per heavy atom. The second kappa shape index (κ2) is 5.36. The molecule has 1 aliphatic rings. The number of rotatable bonds is 3. The van der Waals surface area contributed by atoms with Gasteiger partial charge in [-0.1, -0.05) is 12.1 Å².